The molecule has 23 heavy (non-hydrogen) atoms. The van der Waals surface area contributed by atoms with Crippen LogP contribution in [0.3, 0.4) is 0 Å². The van der Waals surface area contributed by atoms with Gasteiger partial charge in [-0.25, -0.2) is 0 Å². The van der Waals surface area contributed by atoms with Crippen molar-refractivity contribution in [3.05, 3.63) is 24.3 Å². The van der Waals surface area contributed by atoms with Crippen molar-refractivity contribution < 1.29 is 0 Å². The topological polar surface area (TPSA) is 30.5 Å². The Labute approximate surface area is 141 Å². The normalized spacial score (nSPS) is 20.9. The van der Waals surface area contributed by atoms with Crippen LogP contribution in [0.4, 0.5) is 11.4 Å². The predicted octanol–water partition coefficient (Wildman–Crippen LogP) is 2.63. The van der Waals surface area contributed by atoms with Gasteiger partial charge < -0.3 is 15.5 Å². The van der Waals surface area contributed by atoms with Gasteiger partial charge in [0.1, 0.15) is 0 Å². The summed E-state index contributed by atoms with van der Waals surface area (Å²) in [6, 6.07) is 9.70. The Bertz CT molecular complexity index is 457. The number of piperidine rings is 1. The van der Waals surface area contributed by atoms with Crippen LogP contribution in [0.15, 0.2) is 24.3 Å². The van der Waals surface area contributed by atoms with E-state index in [1.54, 1.807) is 0 Å². The molecular formula is C19H32N4. The standard InChI is InChI=1S/C19H32N4/c1-16(2)22-11-13-23(14-12-22)19-5-3-18(4-6-19)21-15-17-7-9-20-10-8-17/h3-6,16-17,20-21H,7-15H2,1-2H3. The number of hydrogen-bond acceptors (Lipinski definition) is 4. The molecule has 1 aromatic carbocycles. The van der Waals surface area contributed by atoms with Crippen molar-refractivity contribution in [1.29, 1.82) is 0 Å². The second kappa shape index (κ2) is 8.02. The minimum absolute atomic E-state index is 0.665. The highest BCUT2D eigenvalue weighted by Crippen LogP contribution is 2.21. The molecule has 4 heteroatoms. The van der Waals surface area contributed by atoms with Gasteiger partial charge in [0.2, 0.25) is 0 Å². The third-order valence-electron chi connectivity index (χ3n) is 5.33. The first-order valence-corrected chi connectivity index (χ1v) is 9.26. The molecular weight excluding hydrogens is 284 g/mol. The van der Waals surface area contributed by atoms with Crippen LogP contribution in [0.1, 0.15) is 26.7 Å². The fourth-order valence-corrected chi connectivity index (χ4v) is 3.63. The number of rotatable bonds is 5. The van der Waals surface area contributed by atoms with Crippen molar-refractivity contribution in [2.45, 2.75) is 32.7 Å². The molecule has 2 saturated heterocycles. The molecule has 2 aliphatic rings. The largest absolute Gasteiger partial charge is 0.385 e. The molecule has 0 unspecified atom stereocenters. The van der Waals surface area contributed by atoms with Crippen molar-refractivity contribution in [2.24, 2.45) is 5.92 Å². The lowest BCUT2D eigenvalue weighted by molar-refractivity contribution is 0.209. The summed E-state index contributed by atoms with van der Waals surface area (Å²) in [5.74, 6) is 0.819. The van der Waals surface area contributed by atoms with Gasteiger partial charge in [-0.2, -0.15) is 0 Å². The highest BCUT2D eigenvalue weighted by Gasteiger charge is 2.19. The Morgan fingerprint density at radius 2 is 1.70 bits per heavy atom. The third-order valence-corrected chi connectivity index (χ3v) is 5.33. The van der Waals surface area contributed by atoms with E-state index in [9.17, 15) is 0 Å². The highest BCUT2D eigenvalue weighted by molar-refractivity contribution is 5.55. The molecule has 1 aromatic rings. The van der Waals surface area contributed by atoms with E-state index in [2.05, 4.69) is 58.5 Å². The van der Waals surface area contributed by atoms with Crippen molar-refractivity contribution >= 4 is 11.4 Å². The molecule has 0 spiro atoms. The zero-order valence-electron chi connectivity index (χ0n) is 14.7. The monoisotopic (exact) mass is 316 g/mol. The van der Waals surface area contributed by atoms with Gasteiger partial charge in [-0.3, -0.25) is 4.90 Å². The van der Waals surface area contributed by atoms with Crippen molar-refractivity contribution in [1.82, 2.24) is 10.2 Å². The van der Waals surface area contributed by atoms with E-state index in [1.165, 1.54) is 50.4 Å². The third kappa shape index (κ3) is 4.61. The van der Waals surface area contributed by atoms with E-state index < -0.39 is 0 Å². The summed E-state index contributed by atoms with van der Waals surface area (Å²) in [5, 5.41) is 7.04. The van der Waals surface area contributed by atoms with Crippen LogP contribution < -0.4 is 15.5 Å². The Morgan fingerprint density at radius 3 is 2.30 bits per heavy atom. The van der Waals surface area contributed by atoms with E-state index in [0.29, 0.717) is 6.04 Å². The Morgan fingerprint density at radius 1 is 1.04 bits per heavy atom. The number of anilines is 2. The van der Waals surface area contributed by atoms with Gasteiger partial charge in [0.05, 0.1) is 0 Å². The van der Waals surface area contributed by atoms with Crippen LogP contribution >= 0.6 is 0 Å². The number of nitrogens with one attached hydrogen (secondary N) is 2. The molecule has 0 aromatic heterocycles. The molecule has 2 aliphatic heterocycles. The summed E-state index contributed by atoms with van der Waals surface area (Å²) >= 11 is 0. The summed E-state index contributed by atoms with van der Waals surface area (Å²) in [6.07, 6.45) is 2.59. The molecule has 0 bridgehead atoms. The van der Waals surface area contributed by atoms with E-state index in [0.717, 1.165) is 25.6 Å². The van der Waals surface area contributed by atoms with Gasteiger partial charge in [-0.15, -0.1) is 0 Å². The quantitative estimate of drug-likeness (QED) is 0.874. The summed E-state index contributed by atoms with van der Waals surface area (Å²) in [7, 11) is 0. The molecule has 2 heterocycles. The van der Waals surface area contributed by atoms with Crippen molar-refractivity contribution in [2.75, 3.05) is 56.0 Å². The molecule has 4 nitrogen and oxygen atoms in total. The highest BCUT2D eigenvalue weighted by atomic mass is 15.3. The fourth-order valence-electron chi connectivity index (χ4n) is 3.63. The molecule has 0 amide bonds. The minimum Gasteiger partial charge on any atom is -0.385 e. The Kier molecular flexibility index (Phi) is 5.79. The molecule has 0 radical (unpaired) electrons. The lowest BCUT2D eigenvalue weighted by Crippen LogP contribution is -2.48. The zero-order chi connectivity index (χ0) is 16.1. The molecule has 3 rings (SSSR count). The maximum absolute atomic E-state index is 3.61. The van der Waals surface area contributed by atoms with Crippen LogP contribution in [0, 0.1) is 5.92 Å². The van der Waals surface area contributed by atoms with Crippen molar-refractivity contribution in [3.63, 3.8) is 0 Å². The number of benzene rings is 1. The molecule has 0 aliphatic carbocycles. The van der Waals surface area contributed by atoms with Gasteiger partial charge in [-0.05, 0) is 70.0 Å². The van der Waals surface area contributed by atoms with Gasteiger partial charge in [0, 0.05) is 50.1 Å². The van der Waals surface area contributed by atoms with Gasteiger partial charge in [0.15, 0.2) is 0 Å². The fraction of sp³-hybridized carbons (Fsp3) is 0.684. The number of hydrogen-bond donors (Lipinski definition) is 2. The zero-order valence-corrected chi connectivity index (χ0v) is 14.7. The van der Waals surface area contributed by atoms with Gasteiger partial charge >= 0.3 is 0 Å². The average molecular weight is 316 g/mol. The van der Waals surface area contributed by atoms with E-state index in [1.807, 2.05) is 0 Å². The van der Waals surface area contributed by atoms with Gasteiger partial charge in [-0.1, -0.05) is 0 Å². The van der Waals surface area contributed by atoms with E-state index >= 15 is 0 Å². The second-order valence-corrected chi connectivity index (χ2v) is 7.24. The van der Waals surface area contributed by atoms with E-state index in [4.69, 9.17) is 0 Å². The number of nitrogens with zero attached hydrogens (tertiary/aromatic N) is 2. The average Bonchev–Trinajstić information content (AvgIpc) is 2.61. The molecule has 2 fully saturated rings. The first-order valence-electron chi connectivity index (χ1n) is 9.26. The SMILES string of the molecule is CC(C)N1CCN(c2ccc(NCC3CCNCC3)cc2)CC1. The molecule has 0 atom stereocenters. The first-order chi connectivity index (χ1) is 11.2. The Balaban J connectivity index is 1.47. The minimum atomic E-state index is 0.665. The van der Waals surface area contributed by atoms with E-state index in [-0.39, 0.29) is 0 Å². The summed E-state index contributed by atoms with van der Waals surface area (Å²) in [6.45, 7) is 12.7. The lowest BCUT2D eigenvalue weighted by Gasteiger charge is -2.38. The maximum Gasteiger partial charge on any atom is 0.0368 e. The van der Waals surface area contributed by atoms with Crippen LogP contribution in [0.5, 0.6) is 0 Å². The smallest absolute Gasteiger partial charge is 0.0368 e. The van der Waals surface area contributed by atoms with Crippen LogP contribution in [-0.2, 0) is 0 Å². The molecule has 128 valence electrons. The number of piperazine rings is 1. The lowest BCUT2D eigenvalue weighted by atomic mass is 9.98. The summed E-state index contributed by atoms with van der Waals surface area (Å²) < 4.78 is 0. The van der Waals surface area contributed by atoms with Gasteiger partial charge in [0.25, 0.3) is 0 Å². The predicted molar refractivity (Wildman–Crippen MR) is 99.4 cm³/mol. The maximum atomic E-state index is 3.61. The van der Waals surface area contributed by atoms with Crippen LogP contribution in [0.25, 0.3) is 0 Å². The van der Waals surface area contributed by atoms with Crippen LogP contribution in [0.2, 0.25) is 0 Å². The molecule has 2 N–H and O–H groups in total. The second-order valence-electron chi connectivity index (χ2n) is 7.24. The molecule has 0 saturated carbocycles. The van der Waals surface area contributed by atoms with Crippen LogP contribution in [-0.4, -0.2) is 56.8 Å². The summed E-state index contributed by atoms with van der Waals surface area (Å²) in [4.78, 5) is 5.07. The first kappa shape index (κ1) is 16.6. The summed E-state index contributed by atoms with van der Waals surface area (Å²) in [5.41, 5.74) is 2.62. The Hall–Kier alpha value is -1.26. The van der Waals surface area contributed by atoms with Crippen molar-refractivity contribution in [3.8, 4) is 0 Å².